The number of pyridine rings is 1. The summed E-state index contributed by atoms with van der Waals surface area (Å²) in [5, 5.41) is 0.295. The molecule has 5 heteroatoms. The fraction of sp³-hybridized carbons (Fsp3) is 0.364. The first-order valence-electron chi connectivity index (χ1n) is 5.27. The first-order chi connectivity index (χ1) is 7.77. The number of H-pyrrole nitrogens is 1. The van der Waals surface area contributed by atoms with Gasteiger partial charge in [0.25, 0.3) is 5.56 Å². The highest BCUT2D eigenvalue weighted by molar-refractivity contribution is 6.33. The van der Waals surface area contributed by atoms with Gasteiger partial charge in [0.05, 0.1) is 11.7 Å². The summed E-state index contributed by atoms with van der Waals surface area (Å²) in [6.07, 6.45) is 2.69. The number of hydrogen-bond donors (Lipinski definition) is 1. The molecule has 0 radical (unpaired) electrons. The Balaban J connectivity index is 0.000000509. The molecule has 0 spiro atoms. The summed E-state index contributed by atoms with van der Waals surface area (Å²) in [6, 6.07) is 1.65. The maximum absolute atomic E-state index is 10.8. The number of nitrogens with one attached hydrogen (secondary N) is 1. The van der Waals surface area contributed by atoms with E-state index in [1.165, 1.54) is 12.4 Å². The minimum atomic E-state index is -0.246. The molecule has 16 heavy (non-hydrogen) atoms. The predicted octanol–water partition coefficient (Wildman–Crippen LogP) is 3.02. The van der Waals surface area contributed by atoms with Crippen molar-refractivity contribution in [3.05, 3.63) is 34.0 Å². The standard InChI is InChI=1S/C7H4ClN3O.2C2H6/c8-7-6-4(1-2-9-7)11-5(12)3-10-6;2*1-2/h1-3H,(H,11,12);2*1-2H3. The van der Waals surface area contributed by atoms with Crippen LogP contribution in [0.4, 0.5) is 0 Å². The normalized spacial score (nSPS) is 8.56. The van der Waals surface area contributed by atoms with Crippen LogP contribution in [0.25, 0.3) is 11.0 Å². The Morgan fingerprint density at radius 1 is 1.19 bits per heavy atom. The van der Waals surface area contributed by atoms with Crippen LogP contribution in [0, 0.1) is 0 Å². The summed E-state index contributed by atoms with van der Waals surface area (Å²) in [5.74, 6) is 0. The lowest BCUT2D eigenvalue weighted by Gasteiger charge is -1.95. The number of aromatic amines is 1. The lowest BCUT2D eigenvalue weighted by Crippen LogP contribution is -2.05. The van der Waals surface area contributed by atoms with Crippen molar-refractivity contribution < 1.29 is 0 Å². The van der Waals surface area contributed by atoms with E-state index in [1.54, 1.807) is 6.07 Å². The molecule has 0 saturated heterocycles. The van der Waals surface area contributed by atoms with Gasteiger partial charge in [0.15, 0.2) is 5.15 Å². The molecule has 2 aromatic rings. The molecule has 1 N–H and O–H groups in total. The van der Waals surface area contributed by atoms with Crippen molar-refractivity contribution in [3.8, 4) is 0 Å². The molecule has 0 aromatic carbocycles. The fourth-order valence-electron chi connectivity index (χ4n) is 0.940. The molecule has 0 unspecified atom stereocenters. The highest BCUT2D eigenvalue weighted by Crippen LogP contribution is 2.13. The average molecular weight is 242 g/mol. The van der Waals surface area contributed by atoms with Crippen molar-refractivity contribution in [2.75, 3.05) is 0 Å². The van der Waals surface area contributed by atoms with Crippen molar-refractivity contribution in [3.63, 3.8) is 0 Å². The van der Waals surface area contributed by atoms with Crippen LogP contribution in [-0.4, -0.2) is 15.0 Å². The number of halogens is 1. The van der Waals surface area contributed by atoms with Gasteiger partial charge in [0.1, 0.15) is 5.52 Å². The Kier molecular flexibility index (Phi) is 7.12. The SMILES string of the molecule is CC.CC.O=c1cnc2c(Cl)nccc2[nH]1. The molecule has 0 amide bonds. The Hall–Kier alpha value is -1.42. The van der Waals surface area contributed by atoms with E-state index in [0.29, 0.717) is 16.2 Å². The molecule has 0 aliphatic heterocycles. The average Bonchev–Trinajstić information content (AvgIpc) is 2.34. The van der Waals surface area contributed by atoms with Crippen LogP contribution >= 0.6 is 11.6 Å². The van der Waals surface area contributed by atoms with Crippen molar-refractivity contribution in [1.82, 2.24) is 15.0 Å². The van der Waals surface area contributed by atoms with E-state index in [9.17, 15) is 4.79 Å². The van der Waals surface area contributed by atoms with Crippen molar-refractivity contribution in [1.29, 1.82) is 0 Å². The van der Waals surface area contributed by atoms with Gasteiger partial charge in [-0.2, -0.15) is 0 Å². The Bertz CT molecular complexity index is 482. The van der Waals surface area contributed by atoms with Gasteiger partial charge in [-0.25, -0.2) is 9.97 Å². The fourth-order valence-corrected chi connectivity index (χ4v) is 1.15. The minimum Gasteiger partial charge on any atom is -0.319 e. The van der Waals surface area contributed by atoms with E-state index in [-0.39, 0.29) is 5.56 Å². The van der Waals surface area contributed by atoms with Crippen molar-refractivity contribution in [2.24, 2.45) is 0 Å². The zero-order valence-corrected chi connectivity index (χ0v) is 10.7. The van der Waals surface area contributed by atoms with Crippen LogP contribution < -0.4 is 5.56 Å². The quantitative estimate of drug-likeness (QED) is 0.722. The summed E-state index contributed by atoms with van der Waals surface area (Å²) >= 11 is 5.71. The van der Waals surface area contributed by atoms with E-state index in [0.717, 1.165) is 0 Å². The van der Waals surface area contributed by atoms with Crippen molar-refractivity contribution in [2.45, 2.75) is 27.7 Å². The third-order valence-electron chi connectivity index (χ3n) is 1.45. The minimum absolute atomic E-state index is 0.246. The second kappa shape index (κ2) is 7.82. The second-order valence-corrected chi connectivity index (χ2v) is 2.60. The number of rotatable bonds is 0. The first kappa shape index (κ1) is 14.6. The summed E-state index contributed by atoms with van der Waals surface area (Å²) in [6.45, 7) is 8.00. The monoisotopic (exact) mass is 241 g/mol. The summed E-state index contributed by atoms with van der Waals surface area (Å²) in [7, 11) is 0. The van der Waals surface area contributed by atoms with E-state index >= 15 is 0 Å². The summed E-state index contributed by atoms with van der Waals surface area (Å²) < 4.78 is 0. The van der Waals surface area contributed by atoms with Crippen LogP contribution in [0.1, 0.15) is 27.7 Å². The largest absolute Gasteiger partial charge is 0.319 e. The Labute approximate surface area is 99.7 Å². The molecule has 0 aliphatic carbocycles. The number of aromatic nitrogens is 3. The maximum Gasteiger partial charge on any atom is 0.266 e. The van der Waals surface area contributed by atoms with E-state index in [2.05, 4.69) is 15.0 Å². The van der Waals surface area contributed by atoms with Crippen LogP contribution in [0.2, 0.25) is 5.15 Å². The third kappa shape index (κ3) is 3.62. The molecular weight excluding hydrogens is 226 g/mol. The molecular formula is C11H16ClN3O. The lowest BCUT2D eigenvalue weighted by atomic mass is 10.4. The van der Waals surface area contributed by atoms with Gasteiger partial charge in [0.2, 0.25) is 0 Å². The topological polar surface area (TPSA) is 58.6 Å². The Morgan fingerprint density at radius 3 is 2.44 bits per heavy atom. The molecule has 88 valence electrons. The van der Waals surface area contributed by atoms with Gasteiger partial charge in [-0.3, -0.25) is 4.79 Å². The van der Waals surface area contributed by atoms with Crippen LogP contribution in [0.3, 0.4) is 0 Å². The molecule has 0 atom stereocenters. The third-order valence-corrected chi connectivity index (χ3v) is 1.72. The number of hydrogen-bond acceptors (Lipinski definition) is 3. The van der Waals surface area contributed by atoms with Gasteiger partial charge < -0.3 is 4.98 Å². The molecule has 2 heterocycles. The molecule has 4 nitrogen and oxygen atoms in total. The predicted molar refractivity (Wildman–Crippen MR) is 67.9 cm³/mol. The van der Waals surface area contributed by atoms with Gasteiger partial charge >= 0.3 is 0 Å². The molecule has 0 aliphatic rings. The van der Waals surface area contributed by atoms with Gasteiger partial charge in [-0.15, -0.1) is 0 Å². The summed E-state index contributed by atoms with van der Waals surface area (Å²) in [5.41, 5.74) is 0.867. The van der Waals surface area contributed by atoms with Crippen LogP contribution in [0.15, 0.2) is 23.3 Å². The van der Waals surface area contributed by atoms with Gasteiger partial charge in [-0.05, 0) is 6.07 Å². The zero-order valence-electron chi connectivity index (χ0n) is 9.91. The summed E-state index contributed by atoms with van der Waals surface area (Å²) in [4.78, 5) is 21.1. The van der Waals surface area contributed by atoms with Crippen LogP contribution in [0.5, 0.6) is 0 Å². The molecule has 0 bridgehead atoms. The van der Waals surface area contributed by atoms with Crippen molar-refractivity contribution >= 4 is 22.6 Å². The lowest BCUT2D eigenvalue weighted by molar-refractivity contribution is 1.19. The van der Waals surface area contributed by atoms with E-state index in [1.807, 2.05) is 27.7 Å². The highest BCUT2D eigenvalue weighted by Gasteiger charge is 1.99. The maximum atomic E-state index is 10.8. The smallest absolute Gasteiger partial charge is 0.266 e. The van der Waals surface area contributed by atoms with Crippen LogP contribution in [-0.2, 0) is 0 Å². The molecule has 2 aromatic heterocycles. The molecule has 0 fully saturated rings. The zero-order chi connectivity index (χ0) is 12.6. The van der Waals surface area contributed by atoms with E-state index in [4.69, 9.17) is 11.6 Å². The highest BCUT2D eigenvalue weighted by atomic mass is 35.5. The second-order valence-electron chi connectivity index (χ2n) is 2.25. The number of nitrogens with zero attached hydrogens (tertiary/aromatic N) is 2. The molecule has 0 saturated carbocycles. The molecule has 2 rings (SSSR count). The first-order valence-corrected chi connectivity index (χ1v) is 5.65. The van der Waals surface area contributed by atoms with E-state index < -0.39 is 0 Å². The van der Waals surface area contributed by atoms with Gasteiger partial charge in [-0.1, -0.05) is 39.3 Å². The van der Waals surface area contributed by atoms with Gasteiger partial charge in [0, 0.05) is 6.20 Å². The number of fused-ring (bicyclic) bond motifs is 1. The Morgan fingerprint density at radius 2 is 1.81 bits per heavy atom.